The van der Waals surface area contributed by atoms with Crippen molar-refractivity contribution < 1.29 is 13.6 Å². The van der Waals surface area contributed by atoms with Crippen LogP contribution in [0.4, 0.5) is 8.78 Å². The van der Waals surface area contributed by atoms with Crippen LogP contribution in [0.15, 0.2) is 24.1 Å². The summed E-state index contributed by atoms with van der Waals surface area (Å²) in [6.45, 7) is 0. The summed E-state index contributed by atoms with van der Waals surface area (Å²) in [6.07, 6.45) is 4.87. The molecule has 1 aliphatic carbocycles. The maximum absolute atomic E-state index is 13.1. The lowest BCUT2D eigenvalue weighted by molar-refractivity contribution is 0.261. The molecule has 2 unspecified atom stereocenters. The van der Waals surface area contributed by atoms with Crippen LogP contribution < -0.4 is 0 Å². The van der Waals surface area contributed by atoms with Gasteiger partial charge in [0.15, 0.2) is 0 Å². The van der Waals surface area contributed by atoms with Gasteiger partial charge in [-0.05, 0) is 22.0 Å². The highest BCUT2D eigenvalue weighted by atomic mass is 79.9. The Labute approximate surface area is 70.9 Å². The first kappa shape index (κ1) is 8.59. The Hall–Kier alpha value is -0.510. The lowest BCUT2D eigenvalue weighted by Crippen LogP contribution is -2.28. The minimum atomic E-state index is -2.40. The Morgan fingerprint density at radius 1 is 1.73 bits per heavy atom. The fourth-order valence-corrected chi connectivity index (χ4v) is 1.12. The van der Waals surface area contributed by atoms with Crippen LogP contribution in [0.2, 0.25) is 0 Å². The van der Waals surface area contributed by atoms with E-state index in [-0.39, 0.29) is 0 Å². The molecule has 0 spiro atoms. The van der Waals surface area contributed by atoms with E-state index in [0.29, 0.717) is 0 Å². The van der Waals surface area contributed by atoms with Gasteiger partial charge in [-0.1, -0.05) is 12.2 Å². The van der Waals surface area contributed by atoms with Crippen LogP contribution in [-0.2, 0) is 4.79 Å². The first-order valence-corrected chi connectivity index (χ1v) is 3.68. The van der Waals surface area contributed by atoms with Crippen molar-refractivity contribution in [3.05, 3.63) is 24.1 Å². The molecular weight excluding hydrogens is 218 g/mol. The first-order chi connectivity index (χ1) is 5.09. The highest BCUT2D eigenvalue weighted by molar-refractivity contribution is 9.10. The first-order valence-electron chi connectivity index (χ1n) is 2.89. The number of hydrogen-bond acceptors (Lipinski definition) is 1. The summed E-state index contributed by atoms with van der Waals surface area (Å²) in [4.78, 5) is 10.1. The SMILES string of the molecule is O=[C]C1C=CC=C(F)C1(F)Br. The van der Waals surface area contributed by atoms with Crippen LogP contribution in [-0.4, -0.2) is 10.9 Å². The monoisotopic (exact) mass is 221 g/mol. The van der Waals surface area contributed by atoms with Gasteiger partial charge in [0.05, 0.1) is 5.92 Å². The number of rotatable bonds is 1. The summed E-state index contributed by atoms with van der Waals surface area (Å²) in [5.41, 5.74) is 0. The fourth-order valence-electron chi connectivity index (χ4n) is 0.745. The third-order valence-electron chi connectivity index (χ3n) is 1.38. The molecule has 0 fully saturated rings. The molecule has 0 aromatic rings. The summed E-state index contributed by atoms with van der Waals surface area (Å²) in [6, 6.07) is 0. The minimum absolute atomic E-state index is 0.961. The second kappa shape index (κ2) is 2.85. The van der Waals surface area contributed by atoms with Gasteiger partial charge in [-0.15, -0.1) is 0 Å². The molecule has 2 atom stereocenters. The summed E-state index contributed by atoms with van der Waals surface area (Å²) in [5.74, 6) is -2.21. The van der Waals surface area contributed by atoms with E-state index in [9.17, 15) is 13.6 Å². The zero-order valence-electron chi connectivity index (χ0n) is 5.35. The van der Waals surface area contributed by atoms with Gasteiger partial charge >= 0.3 is 0 Å². The Kier molecular flexibility index (Phi) is 2.23. The van der Waals surface area contributed by atoms with E-state index in [0.717, 1.165) is 6.08 Å². The fraction of sp³-hybridized carbons (Fsp3) is 0.286. The Morgan fingerprint density at radius 2 is 2.36 bits per heavy atom. The van der Waals surface area contributed by atoms with E-state index in [2.05, 4.69) is 15.9 Å². The zero-order chi connectivity index (χ0) is 8.48. The topological polar surface area (TPSA) is 17.1 Å². The lowest BCUT2D eigenvalue weighted by Gasteiger charge is -2.21. The van der Waals surface area contributed by atoms with Gasteiger partial charge < -0.3 is 0 Å². The van der Waals surface area contributed by atoms with Crippen molar-refractivity contribution in [3.8, 4) is 0 Å². The second-order valence-electron chi connectivity index (χ2n) is 2.12. The smallest absolute Gasteiger partial charge is 0.229 e. The van der Waals surface area contributed by atoms with Gasteiger partial charge in [0, 0.05) is 0 Å². The van der Waals surface area contributed by atoms with Gasteiger partial charge in [0.2, 0.25) is 10.9 Å². The van der Waals surface area contributed by atoms with Crippen molar-refractivity contribution in [2.75, 3.05) is 0 Å². The molecule has 0 amide bonds. The number of hydrogen-bond donors (Lipinski definition) is 0. The molecule has 0 N–H and O–H groups in total. The number of halogens is 3. The molecule has 1 nitrogen and oxygen atoms in total. The molecule has 0 heterocycles. The van der Waals surface area contributed by atoms with Crippen LogP contribution >= 0.6 is 15.9 Å². The number of carbonyl (C=O) groups excluding carboxylic acids is 1. The van der Waals surface area contributed by atoms with Crippen molar-refractivity contribution in [2.45, 2.75) is 4.58 Å². The third-order valence-corrected chi connectivity index (χ3v) is 2.25. The molecule has 0 aliphatic heterocycles. The van der Waals surface area contributed by atoms with Crippen molar-refractivity contribution >= 4 is 22.2 Å². The molecule has 0 aromatic carbocycles. The predicted octanol–water partition coefficient (Wildman–Crippen LogP) is 2.20. The van der Waals surface area contributed by atoms with Gasteiger partial charge in [-0.25, -0.2) is 8.78 Å². The maximum atomic E-state index is 13.1. The van der Waals surface area contributed by atoms with Gasteiger partial charge in [0.1, 0.15) is 5.83 Å². The van der Waals surface area contributed by atoms with Crippen LogP contribution in [0, 0.1) is 5.92 Å². The standard InChI is InChI=1S/C7H4BrF2O/c8-7(10)5(4-11)2-1-3-6(7)9/h1-3,5H. The van der Waals surface area contributed by atoms with Gasteiger partial charge in [-0.3, -0.25) is 4.79 Å². The molecule has 1 radical (unpaired) electrons. The number of alkyl halides is 2. The summed E-state index contributed by atoms with van der Waals surface area (Å²) in [7, 11) is 0. The Balaban J connectivity index is 2.97. The Morgan fingerprint density at radius 3 is 2.82 bits per heavy atom. The van der Waals surface area contributed by atoms with E-state index < -0.39 is 16.3 Å². The summed E-state index contributed by atoms with van der Waals surface area (Å²) < 4.78 is 23.3. The van der Waals surface area contributed by atoms with Crippen LogP contribution in [0.25, 0.3) is 0 Å². The Bertz CT molecular complexity index is 233. The largest absolute Gasteiger partial charge is 0.290 e. The van der Waals surface area contributed by atoms with Crippen LogP contribution in [0.1, 0.15) is 0 Å². The molecule has 0 aromatic heterocycles. The van der Waals surface area contributed by atoms with E-state index in [1.807, 2.05) is 0 Å². The molecule has 1 rings (SSSR count). The van der Waals surface area contributed by atoms with Gasteiger partial charge in [-0.2, -0.15) is 0 Å². The molecule has 11 heavy (non-hydrogen) atoms. The van der Waals surface area contributed by atoms with Crippen molar-refractivity contribution in [1.29, 1.82) is 0 Å². The van der Waals surface area contributed by atoms with Crippen molar-refractivity contribution in [3.63, 3.8) is 0 Å². The average Bonchev–Trinajstić information content (AvgIpc) is 1.95. The minimum Gasteiger partial charge on any atom is -0.290 e. The van der Waals surface area contributed by atoms with Crippen LogP contribution in [0.3, 0.4) is 0 Å². The number of allylic oxidation sites excluding steroid dienone is 4. The third kappa shape index (κ3) is 1.40. The normalized spacial score (nSPS) is 36.6. The molecule has 0 bridgehead atoms. The maximum Gasteiger partial charge on any atom is 0.229 e. The molecule has 4 heteroatoms. The molecular formula is C7H4BrF2O. The van der Waals surface area contributed by atoms with Gasteiger partial charge in [0.25, 0.3) is 0 Å². The van der Waals surface area contributed by atoms with E-state index in [1.54, 1.807) is 0 Å². The lowest BCUT2D eigenvalue weighted by atomic mass is 10.00. The van der Waals surface area contributed by atoms with E-state index >= 15 is 0 Å². The molecule has 59 valence electrons. The molecule has 0 saturated heterocycles. The van der Waals surface area contributed by atoms with E-state index in [1.165, 1.54) is 18.4 Å². The van der Waals surface area contributed by atoms with Crippen molar-refractivity contribution in [1.82, 2.24) is 0 Å². The quantitative estimate of drug-likeness (QED) is 0.621. The highest BCUT2D eigenvalue weighted by Crippen LogP contribution is 2.39. The van der Waals surface area contributed by atoms with E-state index in [4.69, 9.17) is 0 Å². The highest BCUT2D eigenvalue weighted by Gasteiger charge is 2.41. The second-order valence-corrected chi connectivity index (χ2v) is 3.27. The predicted molar refractivity (Wildman–Crippen MR) is 40.3 cm³/mol. The molecule has 0 saturated carbocycles. The zero-order valence-corrected chi connectivity index (χ0v) is 6.94. The van der Waals surface area contributed by atoms with Crippen molar-refractivity contribution in [2.24, 2.45) is 5.92 Å². The summed E-state index contributed by atoms with van der Waals surface area (Å²) >= 11 is 2.46. The molecule has 1 aliphatic rings. The summed E-state index contributed by atoms with van der Waals surface area (Å²) in [5, 5.41) is 0. The van der Waals surface area contributed by atoms with Crippen LogP contribution in [0.5, 0.6) is 0 Å². The average molecular weight is 222 g/mol.